The first-order chi connectivity index (χ1) is 12.5. The van der Waals surface area contributed by atoms with Crippen molar-refractivity contribution in [3.05, 3.63) is 59.9 Å². The van der Waals surface area contributed by atoms with E-state index in [1.165, 1.54) is 5.56 Å². The van der Waals surface area contributed by atoms with E-state index in [0.717, 1.165) is 42.0 Å². The van der Waals surface area contributed by atoms with E-state index in [0.29, 0.717) is 13.2 Å². The van der Waals surface area contributed by atoms with Crippen molar-refractivity contribution >= 4 is 11.0 Å². The van der Waals surface area contributed by atoms with Crippen molar-refractivity contribution in [1.82, 2.24) is 9.55 Å². The largest absolute Gasteiger partial charge is 0.492 e. The average molecular weight is 351 g/mol. The summed E-state index contributed by atoms with van der Waals surface area (Å²) < 4.78 is 8.24. The van der Waals surface area contributed by atoms with E-state index in [9.17, 15) is 0 Å². The van der Waals surface area contributed by atoms with Crippen LogP contribution in [0, 0.1) is 0 Å². The normalized spacial score (nSPS) is 11.8. The summed E-state index contributed by atoms with van der Waals surface area (Å²) >= 11 is 0. The number of hydrogen-bond donors (Lipinski definition) is 1. The lowest BCUT2D eigenvalue weighted by atomic mass is 9.87. The molecule has 0 atom stereocenters. The number of aryl methyl sites for hydroxylation is 1. The van der Waals surface area contributed by atoms with Gasteiger partial charge in [0, 0.05) is 6.42 Å². The highest BCUT2D eigenvalue weighted by Gasteiger charge is 2.13. The summed E-state index contributed by atoms with van der Waals surface area (Å²) in [7, 11) is 0. The van der Waals surface area contributed by atoms with Crippen LogP contribution >= 0.6 is 0 Å². The third kappa shape index (κ3) is 4.25. The molecule has 0 unspecified atom stereocenters. The maximum absolute atomic E-state index is 5.98. The Hall–Kier alpha value is -2.33. The van der Waals surface area contributed by atoms with Crippen molar-refractivity contribution in [3.63, 3.8) is 0 Å². The number of nitrogens with two attached hydrogens (primary N) is 1. The number of benzene rings is 2. The van der Waals surface area contributed by atoms with Crippen molar-refractivity contribution in [2.24, 2.45) is 5.73 Å². The van der Waals surface area contributed by atoms with Crippen molar-refractivity contribution < 1.29 is 4.74 Å². The zero-order valence-corrected chi connectivity index (χ0v) is 16.0. The summed E-state index contributed by atoms with van der Waals surface area (Å²) in [5.41, 5.74) is 9.35. The second-order valence-corrected chi connectivity index (χ2v) is 7.68. The quantitative estimate of drug-likeness (QED) is 0.690. The van der Waals surface area contributed by atoms with Crippen molar-refractivity contribution in [3.8, 4) is 5.75 Å². The molecule has 0 aliphatic heterocycles. The molecular weight excluding hydrogens is 322 g/mol. The lowest BCUT2D eigenvalue weighted by Crippen LogP contribution is -2.13. The molecule has 0 aliphatic carbocycles. The van der Waals surface area contributed by atoms with E-state index in [1.54, 1.807) is 0 Å². The van der Waals surface area contributed by atoms with Crippen LogP contribution < -0.4 is 10.5 Å². The Morgan fingerprint density at radius 1 is 1.04 bits per heavy atom. The molecule has 0 saturated carbocycles. The average Bonchev–Trinajstić information content (AvgIpc) is 2.97. The molecule has 1 heterocycles. The van der Waals surface area contributed by atoms with Gasteiger partial charge in [-0.05, 0) is 48.2 Å². The van der Waals surface area contributed by atoms with Gasteiger partial charge in [0.15, 0.2) is 0 Å². The first-order valence-corrected chi connectivity index (χ1v) is 9.36. The van der Waals surface area contributed by atoms with Gasteiger partial charge in [0.05, 0.1) is 17.6 Å². The summed E-state index contributed by atoms with van der Waals surface area (Å²) in [4.78, 5) is 4.77. The molecule has 138 valence electrons. The minimum Gasteiger partial charge on any atom is -0.492 e. The second-order valence-electron chi connectivity index (χ2n) is 7.68. The maximum atomic E-state index is 5.98. The number of nitrogens with zero attached hydrogens (tertiary/aromatic N) is 2. The molecule has 1 aromatic heterocycles. The molecule has 0 amide bonds. The van der Waals surface area contributed by atoms with Gasteiger partial charge < -0.3 is 15.0 Å². The number of ether oxygens (including phenoxy) is 1. The van der Waals surface area contributed by atoms with E-state index in [-0.39, 0.29) is 5.41 Å². The molecule has 4 nitrogen and oxygen atoms in total. The fourth-order valence-electron chi connectivity index (χ4n) is 3.13. The molecule has 4 heteroatoms. The predicted octanol–water partition coefficient (Wildman–Crippen LogP) is 4.30. The fraction of sp³-hybridized carbons (Fsp3) is 0.409. The second kappa shape index (κ2) is 7.92. The molecule has 26 heavy (non-hydrogen) atoms. The summed E-state index contributed by atoms with van der Waals surface area (Å²) in [5, 5.41) is 0. The Labute approximate surface area is 156 Å². The number of aromatic nitrogens is 2. The van der Waals surface area contributed by atoms with E-state index in [4.69, 9.17) is 15.5 Å². The number of imidazole rings is 1. The van der Waals surface area contributed by atoms with Crippen LogP contribution in [0.25, 0.3) is 11.0 Å². The third-order valence-electron chi connectivity index (χ3n) is 4.64. The summed E-state index contributed by atoms with van der Waals surface area (Å²) in [6.07, 6.45) is 1.84. The van der Waals surface area contributed by atoms with Gasteiger partial charge in [-0.15, -0.1) is 0 Å². The fourth-order valence-corrected chi connectivity index (χ4v) is 3.13. The van der Waals surface area contributed by atoms with Crippen LogP contribution in [0.1, 0.15) is 38.6 Å². The number of rotatable bonds is 7. The Morgan fingerprint density at radius 2 is 1.77 bits per heavy atom. The first kappa shape index (κ1) is 18.5. The monoisotopic (exact) mass is 351 g/mol. The summed E-state index contributed by atoms with van der Waals surface area (Å²) in [6, 6.07) is 16.7. The van der Waals surface area contributed by atoms with E-state index in [2.05, 4.69) is 67.8 Å². The van der Waals surface area contributed by atoms with Crippen molar-refractivity contribution in [2.45, 2.75) is 45.6 Å². The van der Waals surface area contributed by atoms with Crippen LogP contribution in [-0.4, -0.2) is 22.7 Å². The number of fused-ring (bicyclic) bond motifs is 1. The zero-order chi connectivity index (χ0) is 18.6. The van der Waals surface area contributed by atoms with Crippen molar-refractivity contribution in [1.29, 1.82) is 0 Å². The minimum atomic E-state index is 0.159. The van der Waals surface area contributed by atoms with Crippen molar-refractivity contribution in [2.75, 3.05) is 13.2 Å². The van der Waals surface area contributed by atoms with E-state index < -0.39 is 0 Å². The predicted molar refractivity (Wildman–Crippen MR) is 108 cm³/mol. The van der Waals surface area contributed by atoms with Gasteiger partial charge in [-0.2, -0.15) is 0 Å². The Kier molecular flexibility index (Phi) is 5.62. The van der Waals surface area contributed by atoms with Crippen LogP contribution in [0.5, 0.6) is 5.75 Å². The molecule has 0 bridgehead atoms. The summed E-state index contributed by atoms with van der Waals surface area (Å²) in [6.45, 7) is 8.73. The molecule has 0 radical (unpaired) electrons. The molecular formula is C22H29N3O. The van der Waals surface area contributed by atoms with Gasteiger partial charge in [-0.1, -0.05) is 45.0 Å². The maximum Gasteiger partial charge on any atom is 0.119 e. The molecule has 2 N–H and O–H groups in total. The lowest BCUT2D eigenvalue weighted by molar-refractivity contribution is 0.298. The van der Waals surface area contributed by atoms with Crippen LogP contribution in [0.4, 0.5) is 0 Å². The molecule has 0 saturated heterocycles. The molecule has 0 aliphatic rings. The lowest BCUT2D eigenvalue weighted by Gasteiger charge is -2.19. The van der Waals surface area contributed by atoms with Gasteiger partial charge >= 0.3 is 0 Å². The SMILES string of the molecule is CC(C)(C)c1ccc(OCCn2c(CCCN)nc3ccccc32)cc1. The topological polar surface area (TPSA) is 53.1 Å². The Balaban J connectivity index is 1.69. The molecule has 3 aromatic rings. The molecule has 0 spiro atoms. The highest BCUT2D eigenvalue weighted by atomic mass is 16.5. The van der Waals surface area contributed by atoms with Crippen LogP contribution in [-0.2, 0) is 18.4 Å². The smallest absolute Gasteiger partial charge is 0.119 e. The highest BCUT2D eigenvalue weighted by molar-refractivity contribution is 5.75. The van der Waals surface area contributed by atoms with Gasteiger partial charge in [0.2, 0.25) is 0 Å². The third-order valence-corrected chi connectivity index (χ3v) is 4.64. The van der Waals surface area contributed by atoms with Gasteiger partial charge in [0.25, 0.3) is 0 Å². The zero-order valence-electron chi connectivity index (χ0n) is 16.0. The number of hydrogen-bond acceptors (Lipinski definition) is 3. The Bertz CT molecular complexity index is 844. The molecule has 3 rings (SSSR count). The van der Waals surface area contributed by atoms with Gasteiger partial charge in [-0.3, -0.25) is 0 Å². The summed E-state index contributed by atoms with van der Waals surface area (Å²) in [5.74, 6) is 1.99. The van der Waals surface area contributed by atoms with Gasteiger partial charge in [0.1, 0.15) is 18.2 Å². The highest BCUT2D eigenvalue weighted by Crippen LogP contribution is 2.24. The standard InChI is InChI=1S/C22H29N3O/c1-22(2,3)17-10-12-18(13-11-17)26-16-15-25-20-8-5-4-7-19(20)24-21(25)9-6-14-23/h4-5,7-8,10-13H,6,9,14-16,23H2,1-3H3. The molecule has 0 fully saturated rings. The van der Waals surface area contributed by atoms with Gasteiger partial charge in [-0.25, -0.2) is 4.98 Å². The Morgan fingerprint density at radius 3 is 2.46 bits per heavy atom. The first-order valence-electron chi connectivity index (χ1n) is 9.36. The van der Waals surface area contributed by atoms with E-state index in [1.807, 2.05) is 6.07 Å². The van der Waals surface area contributed by atoms with Crippen LogP contribution in [0.15, 0.2) is 48.5 Å². The number of para-hydroxylation sites is 2. The van der Waals surface area contributed by atoms with Crippen LogP contribution in [0.3, 0.4) is 0 Å². The van der Waals surface area contributed by atoms with E-state index >= 15 is 0 Å². The minimum absolute atomic E-state index is 0.159. The molecule has 2 aromatic carbocycles. The van der Waals surface area contributed by atoms with Crippen LogP contribution in [0.2, 0.25) is 0 Å².